The normalized spacial score (nSPS) is 10.9. The zero-order chi connectivity index (χ0) is 15.8. The van der Waals surface area contributed by atoms with Crippen LogP contribution in [-0.4, -0.2) is 19.1 Å². The van der Waals surface area contributed by atoms with E-state index < -0.39 is 0 Å². The summed E-state index contributed by atoms with van der Waals surface area (Å²) in [6, 6.07) is 10.3. The number of ether oxygens (including phenoxy) is 2. The van der Waals surface area contributed by atoms with Crippen LogP contribution in [0.2, 0.25) is 0 Å². The lowest BCUT2D eigenvalue weighted by Crippen LogP contribution is -2.01. The van der Waals surface area contributed by atoms with Crippen molar-refractivity contribution in [1.82, 2.24) is 0 Å². The molecule has 0 amide bonds. The van der Waals surface area contributed by atoms with E-state index in [4.69, 9.17) is 21.1 Å². The van der Waals surface area contributed by atoms with Crippen LogP contribution in [0.1, 0.15) is 38.2 Å². The standard InChI is InChI=1S/C19H25ClO2/c1-3-4-5-6-12-21-18-9-10-19(22-13-11-20)17-14-15(2)7-8-16(17)18/h7-10,14H,3-6,11-13H2,1-2H3. The van der Waals surface area contributed by atoms with Crippen molar-refractivity contribution < 1.29 is 9.47 Å². The lowest BCUT2D eigenvalue weighted by atomic mass is 10.1. The Labute approximate surface area is 138 Å². The smallest absolute Gasteiger partial charge is 0.127 e. The van der Waals surface area contributed by atoms with Crippen molar-refractivity contribution in [3.05, 3.63) is 35.9 Å². The van der Waals surface area contributed by atoms with Gasteiger partial charge in [0.25, 0.3) is 0 Å². The third-order valence-electron chi connectivity index (χ3n) is 3.68. The van der Waals surface area contributed by atoms with Crippen LogP contribution < -0.4 is 9.47 Å². The van der Waals surface area contributed by atoms with E-state index in [1.807, 2.05) is 12.1 Å². The molecule has 0 aliphatic rings. The molecule has 0 aliphatic heterocycles. The van der Waals surface area contributed by atoms with Gasteiger partial charge < -0.3 is 9.47 Å². The van der Waals surface area contributed by atoms with Gasteiger partial charge in [0.1, 0.15) is 18.1 Å². The van der Waals surface area contributed by atoms with Crippen molar-refractivity contribution in [2.45, 2.75) is 39.5 Å². The van der Waals surface area contributed by atoms with E-state index >= 15 is 0 Å². The molecule has 0 bridgehead atoms. The molecule has 0 saturated carbocycles. The molecule has 0 aromatic heterocycles. The largest absolute Gasteiger partial charge is 0.493 e. The first kappa shape index (κ1) is 17.0. The summed E-state index contributed by atoms with van der Waals surface area (Å²) in [6.45, 7) is 5.59. The number of hydrogen-bond donors (Lipinski definition) is 0. The molecule has 0 spiro atoms. The zero-order valence-corrected chi connectivity index (χ0v) is 14.3. The molecule has 0 fully saturated rings. The van der Waals surface area contributed by atoms with Gasteiger partial charge in [0.05, 0.1) is 12.5 Å². The summed E-state index contributed by atoms with van der Waals surface area (Å²) in [6.07, 6.45) is 4.85. The Hall–Kier alpha value is -1.41. The highest BCUT2D eigenvalue weighted by Gasteiger charge is 2.08. The molecule has 0 heterocycles. The minimum Gasteiger partial charge on any atom is -0.493 e. The summed E-state index contributed by atoms with van der Waals surface area (Å²) in [4.78, 5) is 0. The average Bonchev–Trinajstić information content (AvgIpc) is 2.53. The summed E-state index contributed by atoms with van der Waals surface area (Å²) in [5.74, 6) is 2.30. The SMILES string of the molecule is CCCCCCOc1ccc(OCCCl)c2cc(C)ccc12. The Kier molecular flexibility index (Phi) is 6.85. The summed E-state index contributed by atoms with van der Waals surface area (Å²) in [5, 5.41) is 2.20. The molecule has 22 heavy (non-hydrogen) atoms. The van der Waals surface area contributed by atoms with Crippen LogP contribution in [0.3, 0.4) is 0 Å². The fourth-order valence-corrected chi connectivity index (χ4v) is 2.60. The molecule has 0 N–H and O–H groups in total. The third-order valence-corrected chi connectivity index (χ3v) is 3.84. The summed E-state index contributed by atoms with van der Waals surface area (Å²) >= 11 is 5.73. The van der Waals surface area contributed by atoms with Gasteiger partial charge in [-0.05, 0) is 31.5 Å². The minimum absolute atomic E-state index is 0.489. The van der Waals surface area contributed by atoms with Crippen LogP contribution in [0, 0.1) is 6.92 Å². The van der Waals surface area contributed by atoms with Crippen molar-refractivity contribution in [3.63, 3.8) is 0 Å². The molecular weight excluding hydrogens is 296 g/mol. The fourth-order valence-electron chi connectivity index (χ4n) is 2.52. The van der Waals surface area contributed by atoms with Gasteiger partial charge in [-0.15, -0.1) is 11.6 Å². The maximum Gasteiger partial charge on any atom is 0.127 e. The second kappa shape index (κ2) is 8.89. The topological polar surface area (TPSA) is 18.5 Å². The first-order chi connectivity index (χ1) is 10.8. The first-order valence-electron chi connectivity index (χ1n) is 8.11. The van der Waals surface area contributed by atoms with E-state index in [0.29, 0.717) is 12.5 Å². The molecule has 0 aliphatic carbocycles. The van der Waals surface area contributed by atoms with E-state index in [2.05, 4.69) is 32.0 Å². The summed E-state index contributed by atoms with van der Waals surface area (Å²) in [7, 11) is 0. The molecule has 0 saturated heterocycles. The number of hydrogen-bond acceptors (Lipinski definition) is 2. The predicted molar refractivity (Wildman–Crippen MR) is 94.5 cm³/mol. The van der Waals surface area contributed by atoms with Crippen LogP contribution >= 0.6 is 11.6 Å². The van der Waals surface area contributed by atoms with Gasteiger partial charge in [-0.1, -0.05) is 43.9 Å². The number of fused-ring (bicyclic) bond motifs is 1. The van der Waals surface area contributed by atoms with Crippen molar-refractivity contribution in [3.8, 4) is 11.5 Å². The van der Waals surface area contributed by atoms with Crippen LogP contribution in [0.25, 0.3) is 10.8 Å². The molecule has 3 heteroatoms. The molecule has 0 atom stereocenters. The fraction of sp³-hybridized carbons (Fsp3) is 0.474. The highest BCUT2D eigenvalue weighted by Crippen LogP contribution is 2.34. The minimum atomic E-state index is 0.489. The van der Waals surface area contributed by atoms with Gasteiger partial charge in [0.2, 0.25) is 0 Å². The van der Waals surface area contributed by atoms with Gasteiger partial charge in [0, 0.05) is 10.8 Å². The van der Waals surface area contributed by atoms with Crippen molar-refractivity contribution in [2.24, 2.45) is 0 Å². The zero-order valence-electron chi connectivity index (χ0n) is 13.5. The summed E-state index contributed by atoms with van der Waals surface area (Å²) in [5.41, 5.74) is 1.21. The molecule has 2 aromatic carbocycles. The number of unbranched alkanes of at least 4 members (excludes halogenated alkanes) is 3. The lowest BCUT2D eigenvalue weighted by molar-refractivity contribution is 0.307. The Bertz CT molecular complexity index is 595. The molecule has 2 aromatic rings. The first-order valence-corrected chi connectivity index (χ1v) is 8.64. The van der Waals surface area contributed by atoms with Gasteiger partial charge in [-0.2, -0.15) is 0 Å². The molecule has 0 unspecified atom stereocenters. The van der Waals surface area contributed by atoms with Gasteiger partial charge in [-0.3, -0.25) is 0 Å². The van der Waals surface area contributed by atoms with Crippen molar-refractivity contribution >= 4 is 22.4 Å². The van der Waals surface area contributed by atoms with Crippen LogP contribution in [0.15, 0.2) is 30.3 Å². The molecular formula is C19H25ClO2. The number of aryl methyl sites for hydroxylation is 1. The highest BCUT2D eigenvalue weighted by atomic mass is 35.5. The maximum absolute atomic E-state index is 5.98. The second-order valence-electron chi connectivity index (χ2n) is 5.56. The number of alkyl halides is 1. The Morgan fingerprint density at radius 2 is 1.59 bits per heavy atom. The monoisotopic (exact) mass is 320 g/mol. The Morgan fingerprint density at radius 3 is 2.32 bits per heavy atom. The van der Waals surface area contributed by atoms with E-state index in [0.717, 1.165) is 35.3 Å². The van der Waals surface area contributed by atoms with E-state index in [-0.39, 0.29) is 0 Å². The quantitative estimate of drug-likeness (QED) is 0.434. The Morgan fingerprint density at radius 1 is 0.864 bits per heavy atom. The average molecular weight is 321 g/mol. The van der Waals surface area contributed by atoms with Gasteiger partial charge >= 0.3 is 0 Å². The molecule has 2 rings (SSSR count). The summed E-state index contributed by atoms with van der Waals surface area (Å²) < 4.78 is 11.7. The van der Waals surface area contributed by atoms with Crippen molar-refractivity contribution in [1.29, 1.82) is 0 Å². The van der Waals surface area contributed by atoms with Crippen molar-refractivity contribution in [2.75, 3.05) is 19.1 Å². The van der Waals surface area contributed by atoms with Crippen LogP contribution in [-0.2, 0) is 0 Å². The number of benzene rings is 2. The van der Waals surface area contributed by atoms with E-state index in [9.17, 15) is 0 Å². The molecule has 2 nitrogen and oxygen atoms in total. The lowest BCUT2D eigenvalue weighted by Gasteiger charge is -2.13. The Balaban J connectivity index is 2.17. The van der Waals surface area contributed by atoms with Gasteiger partial charge in [0.15, 0.2) is 0 Å². The van der Waals surface area contributed by atoms with Gasteiger partial charge in [-0.25, -0.2) is 0 Å². The second-order valence-corrected chi connectivity index (χ2v) is 5.94. The maximum atomic E-state index is 5.98. The van der Waals surface area contributed by atoms with Crippen LogP contribution in [0.4, 0.5) is 0 Å². The molecule has 0 radical (unpaired) electrons. The number of halogens is 1. The highest BCUT2D eigenvalue weighted by molar-refractivity contribution is 6.18. The molecule has 120 valence electrons. The van der Waals surface area contributed by atoms with Crippen LogP contribution in [0.5, 0.6) is 11.5 Å². The van der Waals surface area contributed by atoms with E-state index in [1.54, 1.807) is 0 Å². The third kappa shape index (κ3) is 4.54. The predicted octanol–water partition coefficient (Wildman–Crippen LogP) is 5.72. The van der Waals surface area contributed by atoms with E-state index in [1.165, 1.54) is 24.8 Å². The number of rotatable bonds is 9.